The number of aliphatic hydroxyl groups excluding tert-OH is 1. The lowest BCUT2D eigenvalue weighted by atomic mass is 9.93. The standard InChI is InChI=1S/C31H26FN3O5S2/c1-17(2)18-7-9-19(10-8-18)26-25(27(36)20-11-12-23-24(15-20)40-14-13-39-23)28(37)29(38)35(26)30-33-34-31(42-30)41-16-21-5-3-4-6-22(21)32/h3-12,15,17,26,36H,13-14,16H2,1-2H3/b27-25+/t26-/m0/s1. The Morgan fingerprint density at radius 1 is 1.05 bits per heavy atom. The minimum absolute atomic E-state index is 0.0651. The predicted molar refractivity (Wildman–Crippen MR) is 159 cm³/mol. The van der Waals surface area contributed by atoms with Crippen molar-refractivity contribution in [1.29, 1.82) is 0 Å². The average molecular weight is 604 g/mol. The van der Waals surface area contributed by atoms with Gasteiger partial charge in [0, 0.05) is 11.3 Å². The second-order valence-corrected chi connectivity index (χ2v) is 12.3. The summed E-state index contributed by atoms with van der Waals surface area (Å²) in [4.78, 5) is 28.4. The highest BCUT2D eigenvalue weighted by Gasteiger charge is 2.48. The maximum absolute atomic E-state index is 14.1. The quantitative estimate of drug-likeness (QED) is 0.0841. The third-order valence-electron chi connectivity index (χ3n) is 7.09. The van der Waals surface area contributed by atoms with Gasteiger partial charge >= 0.3 is 5.91 Å². The molecule has 4 aromatic rings. The summed E-state index contributed by atoms with van der Waals surface area (Å²) in [7, 11) is 0. The zero-order chi connectivity index (χ0) is 29.4. The number of benzene rings is 3. The van der Waals surface area contributed by atoms with Crippen LogP contribution >= 0.6 is 23.1 Å². The number of aliphatic hydroxyl groups is 1. The summed E-state index contributed by atoms with van der Waals surface area (Å²) in [6.45, 7) is 4.92. The van der Waals surface area contributed by atoms with Gasteiger partial charge < -0.3 is 14.6 Å². The van der Waals surface area contributed by atoms with Gasteiger partial charge in [-0.3, -0.25) is 14.5 Å². The smallest absolute Gasteiger partial charge is 0.301 e. The second kappa shape index (κ2) is 11.6. The van der Waals surface area contributed by atoms with Gasteiger partial charge in [0.25, 0.3) is 5.78 Å². The molecule has 2 aliphatic rings. The molecule has 0 bridgehead atoms. The molecule has 0 radical (unpaired) electrons. The monoisotopic (exact) mass is 603 g/mol. The Labute approximate surface area is 249 Å². The van der Waals surface area contributed by atoms with E-state index < -0.39 is 17.7 Å². The minimum atomic E-state index is -0.947. The number of carbonyl (C=O) groups excluding carboxylic acids is 2. The van der Waals surface area contributed by atoms with Crippen molar-refractivity contribution >= 4 is 45.7 Å². The van der Waals surface area contributed by atoms with Crippen molar-refractivity contribution < 1.29 is 28.6 Å². The Kier molecular flexibility index (Phi) is 7.70. The van der Waals surface area contributed by atoms with E-state index in [0.29, 0.717) is 51.5 Å². The molecule has 1 N–H and O–H groups in total. The van der Waals surface area contributed by atoms with Gasteiger partial charge in [-0.05, 0) is 46.9 Å². The molecule has 1 saturated heterocycles. The van der Waals surface area contributed by atoms with Crippen molar-refractivity contribution in [2.24, 2.45) is 0 Å². The van der Waals surface area contributed by atoms with Crippen molar-refractivity contribution in [3.8, 4) is 11.5 Å². The first-order valence-corrected chi connectivity index (χ1v) is 15.1. The first-order chi connectivity index (χ1) is 20.3. The molecule has 3 heterocycles. The number of ether oxygens (including phenoxy) is 2. The second-order valence-electron chi connectivity index (χ2n) is 10.1. The molecule has 0 unspecified atom stereocenters. The number of anilines is 1. The number of hydrogen-bond donors (Lipinski definition) is 1. The van der Waals surface area contributed by atoms with Crippen LogP contribution < -0.4 is 14.4 Å². The Bertz CT molecular complexity index is 1700. The van der Waals surface area contributed by atoms with E-state index in [9.17, 15) is 19.1 Å². The predicted octanol–water partition coefficient (Wildman–Crippen LogP) is 6.49. The number of ketones is 1. The van der Waals surface area contributed by atoms with Crippen molar-refractivity contribution in [2.45, 2.75) is 35.9 Å². The summed E-state index contributed by atoms with van der Waals surface area (Å²) < 4.78 is 25.9. The fourth-order valence-electron chi connectivity index (χ4n) is 4.87. The van der Waals surface area contributed by atoms with Crippen LogP contribution in [-0.4, -0.2) is 40.2 Å². The summed E-state index contributed by atoms with van der Waals surface area (Å²) in [5.41, 5.74) is 2.49. The van der Waals surface area contributed by atoms with Gasteiger partial charge in [0.05, 0.1) is 11.6 Å². The molecule has 214 valence electrons. The molecule has 2 aliphatic heterocycles. The van der Waals surface area contributed by atoms with Gasteiger partial charge in [-0.1, -0.05) is 79.4 Å². The van der Waals surface area contributed by atoms with E-state index >= 15 is 0 Å². The van der Waals surface area contributed by atoms with Gasteiger partial charge in [-0.2, -0.15) is 0 Å². The number of rotatable bonds is 7. The molecule has 1 fully saturated rings. The van der Waals surface area contributed by atoms with Gasteiger partial charge in [0.1, 0.15) is 24.8 Å². The summed E-state index contributed by atoms with van der Waals surface area (Å²) in [6.07, 6.45) is 0. The number of hydrogen-bond acceptors (Lipinski definition) is 9. The van der Waals surface area contributed by atoms with Crippen LogP contribution in [-0.2, 0) is 15.3 Å². The molecule has 42 heavy (non-hydrogen) atoms. The lowest BCUT2D eigenvalue weighted by Crippen LogP contribution is -2.29. The van der Waals surface area contributed by atoms with Crippen molar-refractivity contribution in [3.05, 3.63) is 100 Å². The van der Waals surface area contributed by atoms with E-state index in [1.165, 1.54) is 22.7 Å². The summed E-state index contributed by atoms with van der Waals surface area (Å²) in [5, 5.41) is 20.1. The molecule has 0 spiro atoms. The summed E-state index contributed by atoms with van der Waals surface area (Å²) >= 11 is 2.41. The topological polar surface area (TPSA) is 102 Å². The Hall–Kier alpha value is -4.22. The van der Waals surface area contributed by atoms with Gasteiger partial charge in [-0.25, -0.2) is 4.39 Å². The maximum Gasteiger partial charge on any atom is 0.301 e. The summed E-state index contributed by atoms with van der Waals surface area (Å²) in [5.74, 6) is -0.727. The van der Waals surface area contributed by atoms with Crippen LogP contribution in [0, 0.1) is 5.82 Å². The number of carbonyl (C=O) groups is 2. The first kappa shape index (κ1) is 27.9. The Balaban J connectivity index is 1.40. The van der Waals surface area contributed by atoms with Crippen molar-refractivity contribution in [2.75, 3.05) is 18.1 Å². The zero-order valence-corrected chi connectivity index (χ0v) is 24.4. The van der Waals surface area contributed by atoms with Crippen LogP contribution in [0.3, 0.4) is 0 Å². The van der Waals surface area contributed by atoms with Crippen LogP contribution in [0.15, 0.2) is 76.6 Å². The number of aromatic nitrogens is 2. The fourth-order valence-corrected chi connectivity index (χ4v) is 6.72. The van der Waals surface area contributed by atoms with Crippen LogP contribution in [0.2, 0.25) is 0 Å². The molecule has 1 amide bonds. The molecule has 1 aromatic heterocycles. The molecule has 0 aliphatic carbocycles. The third kappa shape index (κ3) is 5.25. The number of fused-ring (bicyclic) bond motifs is 1. The third-order valence-corrected chi connectivity index (χ3v) is 9.19. The fraction of sp³-hybridized carbons (Fsp3) is 0.226. The Morgan fingerprint density at radius 2 is 1.79 bits per heavy atom. The van der Waals surface area contributed by atoms with Crippen LogP contribution in [0.4, 0.5) is 9.52 Å². The number of thioether (sulfide) groups is 1. The SMILES string of the molecule is CC(C)c1ccc([C@H]2/C(=C(\O)c3ccc4c(c3)OCCO4)C(=O)C(=O)N2c2nnc(SCc3ccccc3F)s2)cc1. The average Bonchev–Trinajstić information content (AvgIpc) is 3.57. The van der Waals surface area contributed by atoms with Crippen molar-refractivity contribution in [3.63, 3.8) is 0 Å². The van der Waals surface area contributed by atoms with E-state index in [1.807, 2.05) is 24.3 Å². The van der Waals surface area contributed by atoms with Gasteiger partial charge in [0.15, 0.2) is 15.8 Å². The largest absolute Gasteiger partial charge is 0.507 e. The Morgan fingerprint density at radius 3 is 2.52 bits per heavy atom. The number of amides is 1. The lowest BCUT2D eigenvalue weighted by molar-refractivity contribution is -0.132. The first-order valence-electron chi connectivity index (χ1n) is 13.3. The highest BCUT2D eigenvalue weighted by molar-refractivity contribution is 8.00. The summed E-state index contributed by atoms with van der Waals surface area (Å²) in [6, 6.07) is 18.0. The molecule has 6 rings (SSSR count). The maximum atomic E-state index is 14.1. The molecule has 11 heteroatoms. The van der Waals surface area contributed by atoms with E-state index in [1.54, 1.807) is 36.4 Å². The molecule has 3 aromatic carbocycles. The van der Waals surface area contributed by atoms with Crippen LogP contribution in [0.5, 0.6) is 11.5 Å². The highest BCUT2D eigenvalue weighted by Crippen LogP contribution is 2.45. The van der Waals surface area contributed by atoms with Gasteiger partial charge in [-0.15, -0.1) is 10.2 Å². The number of halogens is 1. The van der Waals surface area contributed by atoms with Crippen molar-refractivity contribution in [1.82, 2.24) is 10.2 Å². The number of nitrogens with zero attached hydrogens (tertiary/aromatic N) is 3. The van der Waals surface area contributed by atoms with Crippen LogP contribution in [0.1, 0.15) is 48.1 Å². The van der Waals surface area contributed by atoms with Crippen LogP contribution in [0.25, 0.3) is 5.76 Å². The molecule has 1 atom stereocenters. The van der Waals surface area contributed by atoms with E-state index in [-0.39, 0.29) is 28.2 Å². The van der Waals surface area contributed by atoms with E-state index in [4.69, 9.17) is 9.47 Å². The zero-order valence-electron chi connectivity index (χ0n) is 22.7. The van der Waals surface area contributed by atoms with Gasteiger partial charge in [0.2, 0.25) is 5.13 Å². The normalized spacial score (nSPS) is 17.7. The highest BCUT2D eigenvalue weighted by atomic mass is 32.2. The molecule has 8 nitrogen and oxygen atoms in total. The number of Topliss-reactive ketones (excluding diaryl/α,β-unsaturated/α-hetero) is 1. The lowest BCUT2D eigenvalue weighted by Gasteiger charge is -2.23. The van der Waals surface area contributed by atoms with E-state index in [0.717, 1.165) is 16.9 Å². The molecular weight excluding hydrogens is 577 g/mol. The minimum Gasteiger partial charge on any atom is -0.507 e. The van der Waals surface area contributed by atoms with E-state index in [2.05, 4.69) is 24.0 Å². The molecule has 0 saturated carbocycles. The molecular formula is C31H26FN3O5S2.